The van der Waals surface area contributed by atoms with E-state index >= 15 is 0 Å². The molecule has 3 fully saturated rings. The van der Waals surface area contributed by atoms with Crippen molar-refractivity contribution in [1.82, 2.24) is 0 Å². The van der Waals surface area contributed by atoms with E-state index in [1.165, 1.54) is 25.3 Å². The lowest BCUT2D eigenvalue weighted by atomic mass is 9.47. The number of hydrogen-bond donors (Lipinski definition) is 0. The molecule has 27 heavy (non-hydrogen) atoms. The highest BCUT2D eigenvalue weighted by Gasteiger charge is 2.64. The van der Waals surface area contributed by atoms with E-state index in [-0.39, 0.29) is 28.5 Å². The van der Waals surface area contributed by atoms with Gasteiger partial charge in [0.15, 0.2) is 0 Å². The molecule has 0 aliphatic heterocycles. The molecular formula is C24H34O3. The van der Waals surface area contributed by atoms with Gasteiger partial charge in [0, 0.05) is 25.9 Å². The van der Waals surface area contributed by atoms with E-state index in [2.05, 4.69) is 25.8 Å². The van der Waals surface area contributed by atoms with Gasteiger partial charge in [0.1, 0.15) is 11.7 Å². The summed E-state index contributed by atoms with van der Waals surface area (Å²) in [6.45, 7) is 6.39. The van der Waals surface area contributed by atoms with Crippen LogP contribution < -0.4 is 0 Å². The first-order valence-electron chi connectivity index (χ1n) is 10.7. The Bertz CT molecular complexity index is 703. The molecule has 0 heterocycles. The number of terminal acetylenes is 1. The molecule has 7 atom stereocenters. The molecule has 3 nitrogen and oxygen atoms in total. The van der Waals surface area contributed by atoms with Crippen molar-refractivity contribution in [2.45, 2.75) is 83.8 Å². The van der Waals surface area contributed by atoms with Crippen molar-refractivity contribution in [3.63, 3.8) is 0 Å². The summed E-state index contributed by atoms with van der Waals surface area (Å²) >= 11 is 0. The van der Waals surface area contributed by atoms with E-state index in [9.17, 15) is 4.79 Å². The molecule has 0 aromatic heterocycles. The van der Waals surface area contributed by atoms with Crippen LogP contribution in [-0.2, 0) is 14.3 Å². The highest BCUT2D eigenvalue weighted by Crippen LogP contribution is 2.67. The molecule has 148 valence electrons. The first kappa shape index (κ1) is 19.1. The normalized spacial score (nSPS) is 48.5. The second-order valence-electron chi connectivity index (χ2n) is 9.90. The fourth-order valence-corrected chi connectivity index (χ4v) is 7.59. The maximum absolute atomic E-state index is 11.4. The van der Waals surface area contributed by atoms with Gasteiger partial charge in [-0.25, -0.2) is 0 Å². The lowest BCUT2D eigenvalue weighted by Crippen LogP contribution is -2.54. The monoisotopic (exact) mass is 370 g/mol. The number of rotatable bonds is 2. The van der Waals surface area contributed by atoms with Gasteiger partial charge in [-0.15, -0.1) is 6.42 Å². The Morgan fingerprint density at radius 2 is 1.93 bits per heavy atom. The largest absolute Gasteiger partial charge is 0.462 e. The molecule has 4 aliphatic carbocycles. The first-order valence-corrected chi connectivity index (χ1v) is 10.7. The summed E-state index contributed by atoms with van der Waals surface area (Å²) in [5.41, 5.74) is 1.50. The van der Waals surface area contributed by atoms with Gasteiger partial charge in [-0.05, 0) is 68.1 Å². The third kappa shape index (κ3) is 2.55. The number of allylic oxidation sites excluding steroid dienone is 1. The molecule has 0 spiro atoms. The van der Waals surface area contributed by atoms with Gasteiger partial charge in [0.2, 0.25) is 0 Å². The third-order valence-electron chi connectivity index (χ3n) is 9.09. The predicted molar refractivity (Wildman–Crippen MR) is 106 cm³/mol. The molecule has 7 unspecified atom stereocenters. The predicted octanol–water partition coefficient (Wildman–Crippen LogP) is 4.90. The van der Waals surface area contributed by atoms with Crippen molar-refractivity contribution in [3.05, 3.63) is 11.6 Å². The quantitative estimate of drug-likeness (QED) is 0.394. The zero-order valence-corrected chi connectivity index (χ0v) is 17.3. The fraction of sp³-hybridized carbons (Fsp3) is 0.792. The summed E-state index contributed by atoms with van der Waals surface area (Å²) in [6.07, 6.45) is 17.3. The Balaban J connectivity index is 1.61. The van der Waals surface area contributed by atoms with Crippen LogP contribution in [0.5, 0.6) is 0 Å². The zero-order chi connectivity index (χ0) is 19.4. The molecule has 0 N–H and O–H groups in total. The molecule has 4 rings (SSSR count). The van der Waals surface area contributed by atoms with E-state index in [0.717, 1.165) is 44.4 Å². The number of carbonyl (C=O) groups is 1. The van der Waals surface area contributed by atoms with Crippen LogP contribution in [0.3, 0.4) is 0 Å². The summed E-state index contributed by atoms with van der Waals surface area (Å²) in [5, 5.41) is 0. The van der Waals surface area contributed by atoms with E-state index in [1.807, 2.05) is 0 Å². The van der Waals surface area contributed by atoms with Gasteiger partial charge in [-0.1, -0.05) is 31.4 Å². The number of ether oxygens (including phenoxy) is 2. The van der Waals surface area contributed by atoms with E-state index < -0.39 is 0 Å². The molecule has 0 aromatic carbocycles. The Morgan fingerprint density at radius 3 is 2.59 bits per heavy atom. The number of methoxy groups -OCH3 is 1. The Morgan fingerprint density at radius 1 is 1.19 bits per heavy atom. The average molecular weight is 371 g/mol. The van der Waals surface area contributed by atoms with Crippen molar-refractivity contribution in [2.24, 2.45) is 28.6 Å². The smallest absolute Gasteiger partial charge is 0.302 e. The Labute approximate surface area is 164 Å². The van der Waals surface area contributed by atoms with Crippen molar-refractivity contribution in [3.8, 4) is 12.3 Å². The van der Waals surface area contributed by atoms with E-state index in [1.54, 1.807) is 7.11 Å². The zero-order valence-electron chi connectivity index (χ0n) is 17.3. The average Bonchev–Trinajstić information content (AvgIpc) is 2.94. The minimum Gasteiger partial charge on any atom is -0.462 e. The van der Waals surface area contributed by atoms with E-state index in [4.69, 9.17) is 15.9 Å². The first-order chi connectivity index (χ1) is 12.8. The molecule has 3 saturated carbocycles. The number of hydrogen-bond acceptors (Lipinski definition) is 3. The molecule has 0 aromatic rings. The molecule has 0 amide bonds. The summed E-state index contributed by atoms with van der Waals surface area (Å²) in [5.74, 6) is 4.99. The minimum absolute atomic E-state index is 0.0706. The van der Waals surface area contributed by atoms with Gasteiger partial charge < -0.3 is 9.47 Å². The topological polar surface area (TPSA) is 35.5 Å². The van der Waals surface area contributed by atoms with Crippen molar-refractivity contribution in [2.75, 3.05) is 7.11 Å². The van der Waals surface area contributed by atoms with Gasteiger partial charge in [0.25, 0.3) is 0 Å². The van der Waals surface area contributed by atoms with Gasteiger partial charge >= 0.3 is 5.97 Å². The minimum atomic E-state index is -0.388. The standard InChI is InChI=1S/C24H34O3/c1-6-24(26-5)14-11-21-19-8-7-17-15-18(27-16(2)25)9-12-22(17,3)20(19)10-13-23(21,24)4/h1,7,18-21H,8-15H2,2-5H3. The highest BCUT2D eigenvalue weighted by atomic mass is 16.5. The molecule has 0 saturated heterocycles. The Kier molecular flexibility index (Phi) is 4.50. The van der Waals surface area contributed by atoms with Crippen LogP contribution in [0.1, 0.15) is 72.1 Å². The maximum Gasteiger partial charge on any atom is 0.302 e. The van der Waals surface area contributed by atoms with E-state index in [0.29, 0.717) is 11.8 Å². The highest BCUT2D eigenvalue weighted by molar-refractivity contribution is 5.66. The van der Waals surface area contributed by atoms with Crippen molar-refractivity contribution in [1.29, 1.82) is 0 Å². The van der Waals surface area contributed by atoms with Crippen LogP contribution in [-0.4, -0.2) is 24.8 Å². The van der Waals surface area contributed by atoms with Gasteiger partial charge in [-0.2, -0.15) is 0 Å². The van der Waals surface area contributed by atoms with Crippen LogP contribution in [0, 0.1) is 40.9 Å². The molecule has 0 radical (unpaired) electrons. The van der Waals surface area contributed by atoms with Gasteiger partial charge in [0.05, 0.1) is 0 Å². The number of carbonyl (C=O) groups excluding carboxylic acids is 1. The van der Waals surface area contributed by atoms with Crippen LogP contribution in [0.15, 0.2) is 11.6 Å². The summed E-state index contributed by atoms with van der Waals surface area (Å²) in [7, 11) is 1.80. The van der Waals surface area contributed by atoms with Crippen LogP contribution in [0.4, 0.5) is 0 Å². The second kappa shape index (κ2) is 6.38. The molecule has 0 bridgehead atoms. The molecule has 3 heteroatoms. The lowest BCUT2D eigenvalue weighted by Gasteiger charge is -2.58. The number of esters is 1. The van der Waals surface area contributed by atoms with Crippen LogP contribution >= 0.6 is 0 Å². The van der Waals surface area contributed by atoms with Crippen LogP contribution in [0.2, 0.25) is 0 Å². The SMILES string of the molecule is C#CC1(OC)CCC2C3CC=C4CC(OC(C)=O)CCC4(C)C3CCC21C. The summed E-state index contributed by atoms with van der Waals surface area (Å²) in [6, 6.07) is 0. The fourth-order valence-electron chi connectivity index (χ4n) is 7.59. The lowest BCUT2D eigenvalue weighted by molar-refractivity contribution is -0.149. The van der Waals surface area contributed by atoms with Crippen molar-refractivity contribution < 1.29 is 14.3 Å². The second-order valence-corrected chi connectivity index (χ2v) is 9.90. The number of fused-ring (bicyclic) bond motifs is 5. The maximum atomic E-state index is 11.4. The summed E-state index contributed by atoms with van der Waals surface area (Å²) < 4.78 is 11.5. The molecular weight excluding hydrogens is 336 g/mol. The Hall–Kier alpha value is -1.27. The molecule has 4 aliphatic rings. The third-order valence-corrected chi connectivity index (χ3v) is 9.09. The van der Waals surface area contributed by atoms with Crippen molar-refractivity contribution >= 4 is 5.97 Å². The summed E-state index contributed by atoms with van der Waals surface area (Å²) in [4.78, 5) is 11.4. The van der Waals surface area contributed by atoms with Crippen LogP contribution in [0.25, 0.3) is 0 Å². The van der Waals surface area contributed by atoms with Gasteiger partial charge in [-0.3, -0.25) is 4.79 Å².